The highest BCUT2D eigenvalue weighted by Gasteiger charge is 2.35. The van der Waals surface area contributed by atoms with Gasteiger partial charge in [-0.3, -0.25) is 19.7 Å². The van der Waals surface area contributed by atoms with Crippen molar-refractivity contribution in [2.75, 3.05) is 26.2 Å². The molecule has 0 saturated carbocycles. The topological polar surface area (TPSA) is 125 Å². The minimum atomic E-state index is -0.556. The van der Waals surface area contributed by atoms with E-state index in [9.17, 15) is 24.8 Å². The number of likely N-dealkylation sites (tertiary alicyclic amines) is 1. The number of aryl methyl sites for hydroxylation is 1. The van der Waals surface area contributed by atoms with E-state index in [-0.39, 0.29) is 23.4 Å². The van der Waals surface area contributed by atoms with Gasteiger partial charge in [0.2, 0.25) is 5.91 Å². The molecule has 1 aromatic carbocycles. The van der Waals surface area contributed by atoms with Crippen molar-refractivity contribution in [1.29, 1.82) is 0 Å². The van der Waals surface area contributed by atoms with Crippen LogP contribution in [0.1, 0.15) is 28.8 Å². The Bertz CT molecular complexity index is 753. The van der Waals surface area contributed by atoms with Gasteiger partial charge in [0, 0.05) is 49.3 Å². The smallest absolute Gasteiger partial charge is 0.272 e. The second-order valence-electron chi connectivity index (χ2n) is 7.15. The van der Waals surface area contributed by atoms with Crippen LogP contribution >= 0.6 is 0 Å². The second-order valence-corrected chi connectivity index (χ2v) is 7.15. The Morgan fingerprint density at radius 3 is 2.81 bits per heavy atom. The van der Waals surface area contributed by atoms with Gasteiger partial charge in [-0.05, 0) is 31.9 Å². The zero-order valence-electron chi connectivity index (χ0n) is 15.2. The zero-order chi connectivity index (χ0) is 19.6. The quantitative estimate of drug-likeness (QED) is 0.498. The van der Waals surface area contributed by atoms with Gasteiger partial charge in [0.15, 0.2) is 0 Å². The van der Waals surface area contributed by atoms with Crippen LogP contribution in [0.4, 0.5) is 5.69 Å². The number of carbonyl (C=O) groups excluding carboxylic acids is 2. The number of hydrogen-bond donors (Lipinski definition) is 3. The molecule has 3 atom stereocenters. The molecule has 2 aliphatic heterocycles. The fourth-order valence-electron chi connectivity index (χ4n) is 3.72. The zero-order valence-corrected chi connectivity index (χ0v) is 15.2. The fourth-order valence-corrected chi connectivity index (χ4v) is 3.72. The van der Waals surface area contributed by atoms with E-state index >= 15 is 0 Å². The summed E-state index contributed by atoms with van der Waals surface area (Å²) >= 11 is 0. The van der Waals surface area contributed by atoms with Crippen LogP contribution in [0, 0.1) is 23.0 Å². The van der Waals surface area contributed by atoms with Crippen molar-refractivity contribution in [3.63, 3.8) is 0 Å². The van der Waals surface area contributed by atoms with Crippen molar-refractivity contribution >= 4 is 17.5 Å². The van der Waals surface area contributed by atoms with Crippen LogP contribution in [0.2, 0.25) is 0 Å². The average molecular weight is 376 g/mol. The number of carbonyl (C=O) groups is 2. The van der Waals surface area contributed by atoms with Crippen molar-refractivity contribution in [3.05, 3.63) is 39.4 Å². The molecule has 2 heterocycles. The first-order chi connectivity index (χ1) is 12.9. The van der Waals surface area contributed by atoms with Gasteiger partial charge in [0.1, 0.15) is 6.04 Å². The Hall–Kier alpha value is -2.52. The van der Waals surface area contributed by atoms with Gasteiger partial charge in [0.25, 0.3) is 11.6 Å². The number of benzene rings is 1. The second kappa shape index (κ2) is 8.01. The summed E-state index contributed by atoms with van der Waals surface area (Å²) < 4.78 is 0. The molecule has 0 aromatic heterocycles. The van der Waals surface area contributed by atoms with Crippen LogP contribution in [0.3, 0.4) is 0 Å². The maximum absolute atomic E-state index is 12.8. The van der Waals surface area contributed by atoms with Gasteiger partial charge in [-0.1, -0.05) is 0 Å². The molecule has 1 aromatic rings. The third kappa shape index (κ3) is 4.09. The molecule has 0 bridgehead atoms. The fraction of sp³-hybridized carbons (Fsp3) is 0.556. The molecule has 2 saturated heterocycles. The highest BCUT2D eigenvalue weighted by molar-refractivity contribution is 5.98. The Morgan fingerprint density at radius 1 is 1.41 bits per heavy atom. The molecular formula is C18H24N4O5. The van der Waals surface area contributed by atoms with Crippen molar-refractivity contribution in [3.8, 4) is 0 Å². The highest BCUT2D eigenvalue weighted by atomic mass is 16.6. The Morgan fingerprint density at radius 2 is 2.19 bits per heavy atom. The lowest BCUT2D eigenvalue weighted by Crippen LogP contribution is -2.47. The Balaban J connectivity index is 1.66. The summed E-state index contributed by atoms with van der Waals surface area (Å²) in [6.45, 7) is 3.59. The summed E-state index contributed by atoms with van der Waals surface area (Å²) in [4.78, 5) is 37.4. The van der Waals surface area contributed by atoms with Crippen molar-refractivity contribution in [2.45, 2.75) is 31.9 Å². The summed E-state index contributed by atoms with van der Waals surface area (Å²) in [7, 11) is 0. The SMILES string of the molecule is Cc1cc(C(=O)N2CCCC2C(=O)NCC2CNCC2O)ccc1[N+](=O)[O-]. The Labute approximate surface area is 156 Å². The summed E-state index contributed by atoms with van der Waals surface area (Å²) in [6, 6.07) is 3.69. The third-order valence-electron chi connectivity index (χ3n) is 5.30. The van der Waals surface area contributed by atoms with Crippen LogP contribution in [0.15, 0.2) is 18.2 Å². The standard InChI is InChI=1S/C18H24N4O5/c1-11-7-12(4-5-14(11)22(26)27)18(25)21-6-2-3-15(21)17(24)20-9-13-8-19-10-16(13)23/h4-5,7,13,15-16,19,23H,2-3,6,8-10H2,1H3,(H,20,24). The first kappa shape index (κ1) is 19.2. The number of rotatable bonds is 5. The molecule has 9 heteroatoms. The molecular weight excluding hydrogens is 352 g/mol. The molecule has 9 nitrogen and oxygen atoms in total. The maximum Gasteiger partial charge on any atom is 0.272 e. The molecule has 2 aliphatic rings. The molecule has 2 amide bonds. The molecule has 146 valence electrons. The highest BCUT2D eigenvalue weighted by Crippen LogP contribution is 2.24. The van der Waals surface area contributed by atoms with Gasteiger partial charge >= 0.3 is 0 Å². The van der Waals surface area contributed by atoms with Gasteiger partial charge < -0.3 is 20.6 Å². The largest absolute Gasteiger partial charge is 0.391 e. The number of hydrogen-bond acceptors (Lipinski definition) is 6. The van der Waals surface area contributed by atoms with Crippen molar-refractivity contribution in [2.24, 2.45) is 5.92 Å². The van der Waals surface area contributed by atoms with Crippen molar-refractivity contribution in [1.82, 2.24) is 15.5 Å². The van der Waals surface area contributed by atoms with Crippen LogP contribution in [0.5, 0.6) is 0 Å². The minimum absolute atomic E-state index is 0.0307. The predicted octanol–water partition coefficient (Wildman–Crippen LogP) is 0.204. The average Bonchev–Trinajstić information content (AvgIpc) is 3.27. The first-order valence-corrected chi connectivity index (χ1v) is 9.11. The summed E-state index contributed by atoms with van der Waals surface area (Å²) in [5.74, 6) is -0.552. The van der Waals surface area contributed by atoms with E-state index in [0.29, 0.717) is 43.7 Å². The van der Waals surface area contributed by atoms with Crippen LogP contribution in [-0.4, -0.2) is 65.1 Å². The summed E-state index contributed by atoms with van der Waals surface area (Å²) in [5, 5.41) is 26.7. The van der Waals surface area contributed by atoms with E-state index in [4.69, 9.17) is 0 Å². The summed E-state index contributed by atoms with van der Waals surface area (Å²) in [5.41, 5.74) is 0.716. The lowest BCUT2D eigenvalue weighted by Gasteiger charge is -2.25. The van der Waals surface area contributed by atoms with E-state index in [1.165, 1.54) is 23.1 Å². The van der Waals surface area contributed by atoms with E-state index in [1.54, 1.807) is 6.92 Å². The first-order valence-electron chi connectivity index (χ1n) is 9.11. The number of amides is 2. The van der Waals surface area contributed by atoms with Gasteiger partial charge in [0.05, 0.1) is 11.0 Å². The number of nitro groups is 1. The van der Waals surface area contributed by atoms with Gasteiger partial charge in [-0.2, -0.15) is 0 Å². The number of aliphatic hydroxyl groups excluding tert-OH is 1. The third-order valence-corrected chi connectivity index (χ3v) is 5.30. The lowest BCUT2D eigenvalue weighted by molar-refractivity contribution is -0.385. The van der Waals surface area contributed by atoms with Gasteiger partial charge in [-0.25, -0.2) is 0 Å². The van der Waals surface area contributed by atoms with Crippen LogP contribution in [-0.2, 0) is 4.79 Å². The van der Waals surface area contributed by atoms with E-state index in [2.05, 4.69) is 10.6 Å². The molecule has 0 spiro atoms. The van der Waals surface area contributed by atoms with E-state index < -0.39 is 17.1 Å². The number of β-amino-alcohol motifs (C(OH)–C–C–N with tert-alkyl or cyclic N) is 1. The van der Waals surface area contributed by atoms with E-state index in [0.717, 1.165) is 6.42 Å². The Kier molecular flexibility index (Phi) is 5.71. The monoisotopic (exact) mass is 376 g/mol. The maximum atomic E-state index is 12.8. The molecule has 27 heavy (non-hydrogen) atoms. The van der Waals surface area contributed by atoms with Gasteiger partial charge in [-0.15, -0.1) is 0 Å². The number of nitrogens with one attached hydrogen (secondary N) is 2. The number of aliphatic hydroxyl groups is 1. The van der Waals surface area contributed by atoms with E-state index in [1.807, 2.05) is 0 Å². The molecule has 3 unspecified atom stereocenters. The summed E-state index contributed by atoms with van der Waals surface area (Å²) in [6.07, 6.45) is 0.827. The molecule has 0 radical (unpaired) electrons. The molecule has 3 N–H and O–H groups in total. The van der Waals surface area contributed by atoms with Crippen LogP contribution in [0.25, 0.3) is 0 Å². The van der Waals surface area contributed by atoms with Crippen LogP contribution < -0.4 is 10.6 Å². The van der Waals surface area contributed by atoms with Crippen molar-refractivity contribution < 1.29 is 19.6 Å². The molecule has 0 aliphatic carbocycles. The molecule has 3 rings (SSSR count). The lowest BCUT2D eigenvalue weighted by atomic mass is 10.1. The number of nitro benzene ring substituents is 1. The molecule has 2 fully saturated rings. The normalized spacial score (nSPS) is 24.8. The number of nitrogens with zero attached hydrogens (tertiary/aromatic N) is 2. The minimum Gasteiger partial charge on any atom is -0.391 e. The predicted molar refractivity (Wildman–Crippen MR) is 97.3 cm³/mol.